The van der Waals surface area contributed by atoms with Crippen molar-refractivity contribution in [2.45, 2.75) is 51.5 Å². The summed E-state index contributed by atoms with van der Waals surface area (Å²) >= 11 is 0. The van der Waals surface area contributed by atoms with Crippen LogP contribution in [0.15, 0.2) is 35.5 Å². The monoisotopic (exact) mass is 497 g/mol. The first kappa shape index (κ1) is 22.5. The van der Waals surface area contributed by atoms with Crippen LogP contribution in [-0.2, 0) is 11.2 Å². The molecule has 1 aromatic carbocycles. The van der Waals surface area contributed by atoms with Gasteiger partial charge in [-0.3, -0.25) is 4.79 Å². The number of hydrogen-bond acceptors (Lipinski definition) is 2. The van der Waals surface area contributed by atoms with E-state index in [0.29, 0.717) is 12.0 Å². The van der Waals surface area contributed by atoms with E-state index in [-0.39, 0.29) is 36.4 Å². The Hall–Kier alpha value is -1.77. The van der Waals surface area contributed by atoms with Crippen molar-refractivity contribution < 1.29 is 4.79 Å². The van der Waals surface area contributed by atoms with Gasteiger partial charge in [0.25, 0.3) is 0 Å². The summed E-state index contributed by atoms with van der Waals surface area (Å²) in [6.45, 7) is 3.72. The average molecular weight is 497 g/mol. The molecule has 3 rings (SSSR count). The van der Waals surface area contributed by atoms with Gasteiger partial charge >= 0.3 is 0 Å². The van der Waals surface area contributed by atoms with Crippen LogP contribution in [0.4, 0.5) is 0 Å². The first-order valence-electron chi connectivity index (χ1n) is 10.1. The summed E-state index contributed by atoms with van der Waals surface area (Å²) in [6.07, 6.45) is 8.86. The molecule has 7 heteroatoms. The number of guanidine groups is 1. The smallest absolute Gasteiger partial charge is 0.242 e. The lowest BCUT2D eigenvalue weighted by Gasteiger charge is -2.22. The Morgan fingerprint density at radius 1 is 1.18 bits per heavy atom. The molecule has 1 aromatic heterocycles. The van der Waals surface area contributed by atoms with Crippen molar-refractivity contribution in [3.05, 3.63) is 36.0 Å². The van der Waals surface area contributed by atoms with E-state index in [2.05, 4.69) is 50.3 Å². The number of para-hydroxylation sites is 1. The summed E-state index contributed by atoms with van der Waals surface area (Å²) in [6, 6.07) is 8.65. The summed E-state index contributed by atoms with van der Waals surface area (Å²) in [4.78, 5) is 19.9. The molecule has 1 saturated carbocycles. The average Bonchev–Trinajstić information content (AvgIpc) is 3.10. The molecule has 0 atom stereocenters. The number of aromatic amines is 1. The van der Waals surface area contributed by atoms with Gasteiger partial charge in [0.05, 0.1) is 0 Å². The van der Waals surface area contributed by atoms with E-state index in [4.69, 9.17) is 0 Å². The van der Waals surface area contributed by atoms with Crippen molar-refractivity contribution >= 4 is 46.7 Å². The molecule has 1 heterocycles. The number of carbonyl (C=O) groups is 1. The van der Waals surface area contributed by atoms with E-state index in [9.17, 15) is 4.79 Å². The highest BCUT2D eigenvalue weighted by molar-refractivity contribution is 14.0. The second-order valence-corrected chi connectivity index (χ2v) is 7.13. The highest BCUT2D eigenvalue weighted by Crippen LogP contribution is 2.18. The fourth-order valence-corrected chi connectivity index (χ4v) is 3.67. The van der Waals surface area contributed by atoms with E-state index in [0.717, 1.165) is 37.9 Å². The Kier molecular flexibility index (Phi) is 9.60. The molecule has 154 valence electrons. The minimum absolute atomic E-state index is 0. The molecular formula is C21H32IN5O. The number of H-pyrrole nitrogens is 1. The van der Waals surface area contributed by atoms with Crippen LogP contribution >= 0.6 is 24.0 Å². The maximum absolute atomic E-state index is 12.1. The lowest BCUT2D eigenvalue weighted by atomic mass is 9.95. The van der Waals surface area contributed by atoms with E-state index >= 15 is 0 Å². The number of benzene rings is 1. The van der Waals surface area contributed by atoms with Crippen LogP contribution in [-0.4, -0.2) is 42.5 Å². The first-order valence-corrected chi connectivity index (χ1v) is 10.1. The molecule has 6 nitrogen and oxygen atoms in total. The van der Waals surface area contributed by atoms with Crippen molar-refractivity contribution in [1.82, 2.24) is 20.9 Å². The summed E-state index contributed by atoms with van der Waals surface area (Å²) in [5.41, 5.74) is 2.44. The number of carbonyl (C=O) groups excluding carboxylic acids is 1. The lowest BCUT2D eigenvalue weighted by molar-refractivity contribution is -0.120. The minimum Gasteiger partial charge on any atom is -0.361 e. The third-order valence-corrected chi connectivity index (χ3v) is 5.06. The van der Waals surface area contributed by atoms with Crippen molar-refractivity contribution in [3.63, 3.8) is 0 Å². The Balaban J connectivity index is 0.00000280. The highest BCUT2D eigenvalue weighted by atomic mass is 127. The quantitative estimate of drug-likeness (QED) is 0.269. The zero-order valence-corrected chi connectivity index (χ0v) is 18.9. The predicted octanol–water partition coefficient (Wildman–Crippen LogP) is 3.33. The lowest BCUT2D eigenvalue weighted by Crippen LogP contribution is -2.41. The zero-order valence-electron chi connectivity index (χ0n) is 16.6. The number of halogens is 1. The van der Waals surface area contributed by atoms with Crippen molar-refractivity contribution in [1.29, 1.82) is 0 Å². The van der Waals surface area contributed by atoms with Gasteiger partial charge < -0.3 is 20.9 Å². The normalized spacial score (nSPS) is 15.1. The van der Waals surface area contributed by atoms with Gasteiger partial charge in [-0.1, -0.05) is 37.5 Å². The Bertz CT molecular complexity index is 767. The number of nitrogens with one attached hydrogen (secondary N) is 4. The third kappa shape index (κ3) is 6.68. The van der Waals surface area contributed by atoms with Gasteiger partial charge in [0.1, 0.15) is 6.54 Å². The Morgan fingerprint density at radius 2 is 1.96 bits per heavy atom. The maximum Gasteiger partial charge on any atom is 0.242 e. The van der Waals surface area contributed by atoms with E-state index in [1.54, 1.807) is 0 Å². The van der Waals surface area contributed by atoms with Crippen LogP contribution in [0.2, 0.25) is 0 Å². The standard InChI is InChI=1S/C21H31N5O.HI/c1-2-22-21(25-15-20(27)26-17-8-4-3-5-9-17)23-13-12-16-14-24-19-11-7-6-10-18(16)19;/h6-7,10-11,14,17,24H,2-5,8-9,12-13,15H2,1H3,(H,26,27)(H2,22,23,25);1H. The fraction of sp³-hybridized carbons (Fsp3) is 0.524. The molecule has 0 saturated heterocycles. The Morgan fingerprint density at radius 3 is 2.75 bits per heavy atom. The van der Waals surface area contributed by atoms with Crippen molar-refractivity contribution in [2.75, 3.05) is 19.6 Å². The van der Waals surface area contributed by atoms with Crippen LogP contribution in [0.1, 0.15) is 44.6 Å². The van der Waals surface area contributed by atoms with Gasteiger partial charge in [0, 0.05) is 36.2 Å². The predicted molar refractivity (Wildman–Crippen MR) is 126 cm³/mol. The fourth-order valence-electron chi connectivity index (χ4n) is 3.67. The van der Waals surface area contributed by atoms with E-state index < -0.39 is 0 Å². The van der Waals surface area contributed by atoms with Crippen LogP contribution in [0.5, 0.6) is 0 Å². The molecule has 0 radical (unpaired) electrons. The molecule has 28 heavy (non-hydrogen) atoms. The first-order chi connectivity index (χ1) is 13.3. The number of aliphatic imine (C=N–C) groups is 1. The van der Waals surface area contributed by atoms with Crippen molar-refractivity contribution in [2.24, 2.45) is 4.99 Å². The van der Waals surface area contributed by atoms with Crippen molar-refractivity contribution in [3.8, 4) is 0 Å². The molecule has 1 aliphatic rings. The third-order valence-electron chi connectivity index (χ3n) is 5.06. The molecule has 0 spiro atoms. The number of fused-ring (bicyclic) bond motifs is 1. The van der Waals surface area contributed by atoms with E-state index in [1.165, 1.54) is 30.2 Å². The summed E-state index contributed by atoms with van der Waals surface area (Å²) in [5, 5.41) is 10.9. The van der Waals surface area contributed by atoms with Crippen LogP contribution in [0.25, 0.3) is 10.9 Å². The molecule has 1 fully saturated rings. The largest absolute Gasteiger partial charge is 0.361 e. The second-order valence-electron chi connectivity index (χ2n) is 7.13. The number of amides is 1. The van der Waals surface area contributed by atoms with E-state index in [1.807, 2.05) is 13.0 Å². The van der Waals surface area contributed by atoms with Gasteiger partial charge in [0.2, 0.25) is 5.91 Å². The number of aromatic nitrogens is 1. The molecule has 0 unspecified atom stereocenters. The topological polar surface area (TPSA) is 81.3 Å². The molecule has 2 aromatic rings. The number of hydrogen-bond donors (Lipinski definition) is 4. The van der Waals surface area contributed by atoms with Crippen LogP contribution in [0.3, 0.4) is 0 Å². The Labute approximate surface area is 184 Å². The molecule has 0 bridgehead atoms. The van der Waals surface area contributed by atoms with Gasteiger partial charge in [-0.05, 0) is 37.8 Å². The van der Waals surface area contributed by atoms with Gasteiger partial charge in [0.15, 0.2) is 5.96 Å². The zero-order chi connectivity index (χ0) is 18.9. The van der Waals surface area contributed by atoms with Gasteiger partial charge in [-0.15, -0.1) is 24.0 Å². The molecule has 1 aliphatic carbocycles. The summed E-state index contributed by atoms with van der Waals surface area (Å²) in [7, 11) is 0. The molecule has 4 N–H and O–H groups in total. The molecule has 1 amide bonds. The highest BCUT2D eigenvalue weighted by Gasteiger charge is 2.15. The van der Waals surface area contributed by atoms with Crippen LogP contribution < -0.4 is 16.0 Å². The SMILES string of the molecule is CCNC(=NCC(=O)NC1CCCCC1)NCCc1c[nH]c2ccccc12.I. The number of nitrogens with zero attached hydrogens (tertiary/aromatic N) is 1. The number of rotatable bonds is 7. The van der Waals surface area contributed by atoms with Crippen LogP contribution in [0, 0.1) is 0 Å². The van der Waals surface area contributed by atoms with Gasteiger partial charge in [-0.25, -0.2) is 4.99 Å². The summed E-state index contributed by atoms with van der Waals surface area (Å²) in [5.74, 6) is 0.701. The minimum atomic E-state index is 0. The molecular weight excluding hydrogens is 465 g/mol. The van der Waals surface area contributed by atoms with Gasteiger partial charge in [-0.2, -0.15) is 0 Å². The maximum atomic E-state index is 12.1. The second kappa shape index (κ2) is 11.9. The molecule has 0 aliphatic heterocycles. The summed E-state index contributed by atoms with van der Waals surface area (Å²) < 4.78 is 0.